The Bertz CT molecular complexity index is 533. The van der Waals surface area contributed by atoms with Gasteiger partial charge in [-0.15, -0.1) is 11.8 Å². The minimum atomic E-state index is -0.967. The Morgan fingerprint density at radius 2 is 2.10 bits per heavy atom. The number of thioether (sulfide) groups is 1. The Morgan fingerprint density at radius 1 is 1.43 bits per heavy atom. The zero-order valence-electron chi connectivity index (χ0n) is 11.7. The van der Waals surface area contributed by atoms with Crippen molar-refractivity contribution in [3.05, 3.63) is 29.3 Å². The average molecular weight is 328 g/mol. The van der Waals surface area contributed by atoms with Crippen molar-refractivity contribution in [3.63, 3.8) is 0 Å². The fourth-order valence-corrected chi connectivity index (χ4v) is 3.14. The van der Waals surface area contributed by atoms with E-state index in [4.69, 9.17) is 11.6 Å². The number of carbonyl (C=O) groups is 2. The molecule has 1 amide bonds. The molecule has 1 fully saturated rings. The highest BCUT2D eigenvalue weighted by Gasteiger charge is 2.31. The van der Waals surface area contributed by atoms with Gasteiger partial charge in [0.2, 0.25) is 5.91 Å². The molecule has 1 aliphatic rings. The SMILES string of the molecule is CC(Sc1ccccc1Cl)C(=O)NC(CC1CC1)C(=O)O. The molecule has 1 saturated carbocycles. The fourth-order valence-electron chi connectivity index (χ4n) is 1.98. The van der Waals surface area contributed by atoms with Gasteiger partial charge in [-0.2, -0.15) is 0 Å². The maximum atomic E-state index is 12.1. The summed E-state index contributed by atoms with van der Waals surface area (Å²) in [6, 6.07) is 6.50. The van der Waals surface area contributed by atoms with Gasteiger partial charge >= 0.3 is 5.97 Å². The maximum absolute atomic E-state index is 12.1. The van der Waals surface area contributed by atoms with Gasteiger partial charge in [0.15, 0.2) is 0 Å². The van der Waals surface area contributed by atoms with Crippen LogP contribution in [-0.2, 0) is 9.59 Å². The molecule has 1 aromatic rings. The first-order valence-corrected chi connectivity index (χ1v) is 8.17. The molecule has 2 unspecified atom stereocenters. The molecule has 1 aromatic carbocycles. The lowest BCUT2D eigenvalue weighted by Crippen LogP contribution is -2.44. The van der Waals surface area contributed by atoms with Crippen molar-refractivity contribution in [1.82, 2.24) is 5.32 Å². The number of aliphatic carboxylic acids is 1. The van der Waals surface area contributed by atoms with Crippen molar-refractivity contribution in [2.24, 2.45) is 5.92 Å². The summed E-state index contributed by atoms with van der Waals surface area (Å²) in [4.78, 5) is 24.1. The molecule has 2 rings (SSSR count). The maximum Gasteiger partial charge on any atom is 0.326 e. The minimum absolute atomic E-state index is 0.270. The third kappa shape index (κ3) is 4.93. The van der Waals surface area contributed by atoms with E-state index in [-0.39, 0.29) is 5.91 Å². The molecule has 1 aliphatic carbocycles. The van der Waals surface area contributed by atoms with Crippen LogP contribution in [0.15, 0.2) is 29.2 Å². The zero-order valence-corrected chi connectivity index (χ0v) is 13.3. The van der Waals surface area contributed by atoms with Gasteiger partial charge in [0.05, 0.1) is 10.3 Å². The molecule has 21 heavy (non-hydrogen) atoms. The van der Waals surface area contributed by atoms with Gasteiger partial charge in [-0.1, -0.05) is 36.6 Å². The Kier molecular flexibility index (Phi) is 5.53. The van der Waals surface area contributed by atoms with E-state index in [1.807, 2.05) is 18.2 Å². The molecule has 2 N–H and O–H groups in total. The summed E-state index contributed by atoms with van der Waals surface area (Å²) in [6.07, 6.45) is 2.64. The van der Waals surface area contributed by atoms with Crippen molar-refractivity contribution < 1.29 is 14.7 Å². The predicted molar refractivity (Wildman–Crippen MR) is 83.7 cm³/mol. The Morgan fingerprint density at radius 3 is 2.67 bits per heavy atom. The molecule has 114 valence electrons. The van der Waals surface area contributed by atoms with Crippen molar-refractivity contribution in [1.29, 1.82) is 0 Å². The van der Waals surface area contributed by atoms with Crippen LogP contribution in [-0.4, -0.2) is 28.3 Å². The summed E-state index contributed by atoms with van der Waals surface area (Å²) in [5.41, 5.74) is 0. The number of halogens is 1. The van der Waals surface area contributed by atoms with Crippen molar-refractivity contribution >= 4 is 35.2 Å². The number of rotatable bonds is 7. The standard InChI is InChI=1S/C15H18ClNO3S/c1-9(21-13-5-3-2-4-11(13)16)14(18)17-12(15(19)20)8-10-6-7-10/h2-5,9-10,12H,6-8H2,1H3,(H,17,18)(H,19,20). The second-order valence-electron chi connectivity index (χ2n) is 5.27. The van der Waals surface area contributed by atoms with E-state index in [1.165, 1.54) is 11.8 Å². The number of nitrogens with one attached hydrogen (secondary N) is 1. The van der Waals surface area contributed by atoms with Crippen LogP contribution in [0.5, 0.6) is 0 Å². The number of carboxylic acids is 1. The number of carboxylic acid groups (broad SMARTS) is 1. The molecular weight excluding hydrogens is 310 g/mol. The third-order valence-electron chi connectivity index (χ3n) is 3.39. The highest BCUT2D eigenvalue weighted by atomic mass is 35.5. The largest absolute Gasteiger partial charge is 0.480 e. The summed E-state index contributed by atoms with van der Waals surface area (Å²) in [7, 11) is 0. The van der Waals surface area contributed by atoms with Crippen molar-refractivity contribution in [2.75, 3.05) is 0 Å². The quantitative estimate of drug-likeness (QED) is 0.755. The van der Waals surface area contributed by atoms with Crippen LogP contribution in [0.25, 0.3) is 0 Å². The van der Waals surface area contributed by atoms with Gasteiger partial charge in [0, 0.05) is 4.90 Å². The van der Waals surface area contributed by atoms with E-state index in [0.29, 0.717) is 17.4 Å². The monoisotopic (exact) mass is 327 g/mol. The Hall–Kier alpha value is -1.20. The number of benzene rings is 1. The van der Waals surface area contributed by atoms with E-state index in [9.17, 15) is 14.7 Å². The topological polar surface area (TPSA) is 66.4 Å². The first kappa shape index (κ1) is 16.2. The molecule has 0 bridgehead atoms. The molecule has 4 nitrogen and oxygen atoms in total. The summed E-state index contributed by atoms with van der Waals surface area (Å²) >= 11 is 7.39. The summed E-state index contributed by atoms with van der Waals surface area (Å²) in [5, 5.41) is 12.0. The first-order chi connectivity index (χ1) is 9.97. The van der Waals surface area contributed by atoms with Crippen LogP contribution in [0.3, 0.4) is 0 Å². The lowest BCUT2D eigenvalue weighted by molar-refractivity contribution is -0.142. The van der Waals surface area contributed by atoms with Gasteiger partial charge < -0.3 is 10.4 Å². The molecule has 0 radical (unpaired) electrons. The first-order valence-electron chi connectivity index (χ1n) is 6.91. The number of amides is 1. The predicted octanol–water partition coefficient (Wildman–Crippen LogP) is 3.19. The molecule has 6 heteroatoms. The zero-order chi connectivity index (χ0) is 15.4. The van der Waals surface area contributed by atoms with Crippen LogP contribution in [0, 0.1) is 5.92 Å². The Labute approximate surface area is 133 Å². The second-order valence-corrected chi connectivity index (χ2v) is 7.06. The molecule has 2 atom stereocenters. The van der Waals surface area contributed by atoms with E-state index in [2.05, 4.69) is 5.32 Å². The minimum Gasteiger partial charge on any atom is -0.480 e. The smallest absolute Gasteiger partial charge is 0.326 e. The lowest BCUT2D eigenvalue weighted by atomic mass is 10.1. The molecule has 0 aliphatic heterocycles. The summed E-state index contributed by atoms with van der Waals surface area (Å²) in [5.74, 6) is -0.795. The Balaban J connectivity index is 1.91. The van der Waals surface area contributed by atoms with E-state index < -0.39 is 17.3 Å². The van der Waals surface area contributed by atoms with E-state index in [0.717, 1.165) is 17.7 Å². The average Bonchev–Trinajstić information content (AvgIpc) is 3.24. The molecule has 0 heterocycles. The fraction of sp³-hybridized carbons (Fsp3) is 0.467. The van der Waals surface area contributed by atoms with Gasteiger partial charge in [0.25, 0.3) is 0 Å². The van der Waals surface area contributed by atoms with Crippen molar-refractivity contribution in [2.45, 2.75) is 42.4 Å². The van der Waals surface area contributed by atoms with Crippen LogP contribution >= 0.6 is 23.4 Å². The molecule has 0 spiro atoms. The van der Waals surface area contributed by atoms with E-state index >= 15 is 0 Å². The molecule has 0 aromatic heterocycles. The third-order valence-corrected chi connectivity index (χ3v) is 5.01. The number of hydrogen-bond donors (Lipinski definition) is 2. The highest BCUT2D eigenvalue weighted by molar-refractivity contribution is 8.00. The van der Waals surface area contributed by atoms with Crippen LogP contribution in [0.1, 0.15) is 26.2 Å². The summed E-state index contributed by atoms with van der Waals surface area (Å²) in [6.45, 7) is 1.75. The van der Waals surface area contributed by atoms with Crippen LogP contribution in [0.2, 0.25) is 5.02 Å². The second kappa shape index (κ2) is 7.18. The lowest BCUT2D eigenvalue weighted by Gasteiger charge is -2.17. The number of hydrogen-bond acceptors (Lipinski definition) is 3. The van der Waals surface area contributed by atoms with Gasteiger partial charge in [-0.05, 0) is 31.4 Å². The molecule has 0 saturated heterocycles. The molecular formula is C15H18ClNO3S. The normalized spacial score (nSPS) is 17.0. The number of carbonyl (C=O) groups excluding carboxylic acids is 1. The van der Waals surface area contributed by atoms with E-state index in [1.54, 1.807) is 13.0 Å². The van der Waals surface area contributed by atoms with Gasteiger partial charge in [-0.3, -0.25) is 4.79 Å². The van der Waals surface area contributed by atoms with Crippen LogP contribution in [0.4, 0.5) is 0 Å². The van der Waals surface area contributed by atoms with Crippen LogP contribution < -0.4 is 5.32 Å². The van der Waals surface area contributed by atoms with Gasteiger partial charge in [-0.25, -0.2) is 4.79 Å². The highest BCUT2D eigenvalue weighted by Crippen LogP contribution is 2.34. The van der Waals surface area contributed by atoms with Crippen molar-refractivity contribution in [3.8, 4) is 0 Å². The van der Waals surface area contributed by atoms with Gasteiger partial charge in [0.1, 0.15) is 6.04 Å². The summed E-state index contributed by atoms with van der Waals surface area (Å²) < 4.78 is 0.